The van der Waals surface area contributed by atoms with Crippen molar-refractivity contribution in [1.82, 2.24) is 29.0 Å². The van der Waals surface area contributed by atoms with E-state index in [1.807, 2.05) is 5.51 Å². The Balaban J connectivity index is 1.51. The molecule has 0 aliphatic carbocycles. The maximum atomic E-state index is 12.9. The van der Waals surface area contributed by atoms with Crippen LogP contribution in [0.1, 0.15) is 51.0 Å². The van der Waals surface area contributed by atoms with Gasteiger partial charge in [0, 0.05) is 44.3 Å². The van der Waals surface area contributed by atoms with E-state index in [-0.39, 0.29) is 24.1 Å². The number of anilines is 1. The van der Waals surface area contributed by atoms with Gasteiger partial charge in [0.1, 0.15) is 4.83 Å². The number of piperazine rings is 1. The van der Waals surface area contributed by atoms with E-state index in [4.69, 9.17) is 15.2 Å². The molecule has 5 rings (SSSR count). The first-order valence-electron chi connectivity index (χ1n) is 12.1. The Morgan fingerprint density at radius 1 is 1.20 bits per heavy atom. The molecular formula is C25H30N8OS. The van der Waals surface area contributed by atoms with Crippen LogP contribution in [0, 0.1) is 11.3 Å². The highest BCUT2D eigenvalue weighted by Crippen LogP contribution is 2.33. The predicted molar refractivity (Wildman–Crippen MR) is 138 cm³/mol. The molecule has 4 aromatic heterocycles. The van der Waals surface area contributed by atoms with E-state index in [1.165, 1.54) is 0 Å². The van der Waals surface area contributed by atoms with Crippen molar-refractivity contribution >= 4 is 33.0 Å². The average molecular weight is 491 g/mol. The molecule has 10 heteroatoms. The van der Waals surface area contributed by atoms with Gasteiger partial charge < -0.3 is 4.90 Å². The molecule has 0 saturated carbocycles. The van der Waals surface area contributed by atoms with Crippen molar-refractivity contribution in [3.63, 3.8) is 0 Å². The van der Waals surface area contributed by atoms with Crippen LogP contribution in [0.2, 0.25) is 0 Å². The first-order chi connectivity index (χ1) is 16.9. The number of aryl methyl sites for hydroxylation is 1. The van der Waals surface area contributed by atoms with Crippen molar-refractivity contribution in [3.05, 3.63) is 51.6 Å². The van der Waals surface area contributed by atoms with Crippen LogP contribution in [-0.2, 0) is 13.5 Å². The molecule has 1 unspecified atom stereocenters. The molecule has 1 aliphatic rings. The zero-order valence-corrected chi connectivity index (χ0v) is 21.4. The molecular weight excluding hydrogens is 460 g/mol. The summed E-state index contributed by atoms with van der Waals surface area (Å²) in [5, 5.41) is 9.16. The lowest BCUT2D eigenvalue weighted by Gasteiger charge is -2.49. The number of thiazole rings is 1. The molecule has 4 aromatic rings. The van der Waals surface area contributed by atoms with Gasteiger partial charge >= 0.3 is 0 Å². The van der Waals surface area contributed by atoms with E-state index in [0.29, 0.717) is 11.7 Å². The zero-order valence-electron chi connectivity index (χ0n) is 20.5. The zero-order chi connectivity index (χ0) is 24.7. The third kappa shape index (κ3) is 4.09. The van der Waals surface area contributed by atoms with Gasteiger partial charge in [0.05, 0.1) is 46.8 Å². The number of nitrogens with zero attached hydrogens (tertiary/aromatic N) is 8. The standard InChI is InChI=1S/C25H30N8OS/c1-5-18-14-32(22-11-23(34)30(4)33-12-17(9-10-26)28-24(22)33)19(6-2)13-31(18)16(3)20-7-8-21-25(29-20)35-15-27-21/h7-8,11-12,15-16,18-19H,5-6,9,13-14H2,1-4H3/t16?,18-,19+/m1/s1. The van der Waals surface area contributed by atoms with Gasteiger partial charge in [-0.15, -0.1) is 11.3 Å². The number of hydrogen-bond donors (Lipinski definition) is 0. The third-order valence-electron chi connectivity index (χ3n) is 7.26. The van der Waals surface area contributed by atoms with Crippen molar-refractivity contribution in [3.8, 4) is 6.07 Å². The van der Waals surface area contributed by atoms with E-state index in [0.717, 1.165) is 53.3 Å². The van der Waals surface area contributed by atoms with Gasteiger partial charge in [-0.05, 0) is 31.9 Å². The number of nitriles is 1. The topological polar surface area (TPSA) is 95.4 Å². The Bertz CT molecular complexity index is 1460. The molecule has 3 atom stereocenters. The van der Waals surface area contributed by atoms with Crippen molar-refractivity contribution in [2.75, 3.05) is 18.0 Å². The van der Waals surface area contributed by atoms with Crippen molar-refractivity contribution < 1.29 is 0 Å². The van der Waals surface area contributed by atoms with E-state index >= 15 is 0 Å². The van der Waals surface area contributed by atoms with Crippen molar-refractivity contribution in [2.45, 2.75) is 58.2 Å². The van der Waals surface area contributed by atoms with Gasteiger partial charge in [0.25, 0.3) is 5.56 Å². The summed E-state index contributed by atoms with van der Waals surface area (Å²) >= 11 is 1.57. The molecule has 0 bridgehead atoms. The molecule has 1 fully saturated rings. The maximum absolute atomic E-state index is 12.9. The fourth-order valence-corrected chi connectivity index (χ4v) is 5.87. The lowest BCUT2D eigenvalue weighted by Crippen LogP contribution is -2.59. The fraction of sp³-hybridized carbons (Fsp3) is 0.480. The van der Waals surface area contributed by atoms with Gasteiger partial charge in [-0.25, -0.2) is 24.1 Å². The quantitative estimate of drug-likeness (QED) is 0.408. The van der Waals surface area contributed by atoms with Crippen LogP contribution in [0.25, 0.3) is 16.0 Å². The Hall–Kier alpha value is -3.29. The number of fused-ring (bicyclic) bond motifs is 2. The predicted octanol–water partition coefficient (Wildman–Crippen LogP) is 3.54. The minimum absolute atomic E-state index is 0.0887. The second-order valence-electron chi connectivity index (χ2n) is 9.19. The first kappa shape index (κ1) is 23.5. The number of imidazole rings is 1. The molecule has 182 valence electrons. The van der Waals surface area contributed by atoms with Crippen LogP contribution in [0.4, 0.5) is 5.69 Å². The van der Waals surface area contributed by atoms with Gasteiger partial charge in [0.15, 0.2) is 5.65 Å². The smallest absolute Gasteiger partial charge is 0.267 e. The summed E-state index contributed by atoms with van der Waals surface area (Å²) in [4.78, 5) is 32.8. The van der Waals surface area contributed by atoms with Gasteiger partial charge in [-0.1, -0.05) is 13.8 Å². The van der Waals surface area contributed by atoms with E-state index < -0.39 is 0 Å². The van der Waals surface area contributed by atoms with Crippen molar-refractivity contribution in [1.29, 1.82) is 5.26 Å². The lowest BCUT2D eigenvalue weighted by atomic mass is 9.98. The molecule has 0 spiro atoms. The molecule has 1 saturated heterocycles. The van der Waals surface area contributed by atoms with Crippen LogP contribution >= 0.6 is 11.3 Å². The Kier molecular flexibility index (Phi) is 6.30. The molecule has 5 heterocycles. The molecule has 1 aliphatic heterocycles. The van der Waals surface area contributed by atoms with Gasteiger partial charge in [-0.3, -0.25) is 9.69 Å². The van der Waals surface area contributed by atoms with Gasteiger partial charge in [0.2, 0.25) is 0 Å². The summed E-state index contributed by atoms with van der Waals surface area (Å²) in [5.41, 5.74) is 6.01. The summed E-state index contributed by atoms with van der Waals surface area (Å²) in [6.45, 7) is 8.31. The lowest BCUT2D eigenvalue weighted by molar-refractivity contribution is 0.0993. The minimum atomic E-state index is -0.0887. The number of rotatable bonds is 6. The Morgan fingerprint density at radius 3 is 2.74 bits per heavy atom. The second kappa shape index (κ2) is 9.40. The van der Waals surface area contributed by atoms with E-state index in [2.05, 4.69) is 53.8 Å². The summed E-state index contributed by atoms with van der Waals surface area (Å²) in [6, 6.07) is 8.71. The molecule has 0 amide bonds. The Morgan fingerprint density at radius 2 is 2.00 bits per heavy atom. The minimum Gasteiger partial charge on any atom is -0.362 e. The molecule has 0 radical (unpaired) electrons. The summed E-state index contributed by atoms with van der Waals surface area (Å²) in [5.74, 6) is 0. The number of aromatic nitrogens is 5. The van der Waals surface area contributed by atoms with Gasteiger partial charge in [-0.2, -0.15) is 5.26 Å². The molecule has 0 aromatic carbocycles. The second-order valence-corrected chi connectivity index (χ2v) is 10.0. The van der Waals surface area contributed by atoms with Crippen LogP contribution in [0.15, 0.2) is 34.7 Å². The summed E-state index contributed by atoms with van der Waals surface area (Å²) in [7, 11) is 1.73. The summed E-state index contributed by atoms with van der Waals surface area (Å²) < 4.78 is 3.33. The largest absolute Gasteiger partial charge is 0.362 e. The van der Waals surface area contributed by atoms with Crippen LogP contribution in [0.5, 0.6) is 0 Å². The highest BCUT2D eigenvalue weighted by Gasteiger charge is 2.36. The monoisotopic (exact) mass is 490 g/mol. The first-order valence-corrected chi connectivity index (χ1v) is 13.0. The van der Waals surface area contributed by atoms with E-state index in [1.54, 1.807) is 39.8 Å². The normalized spacial score (nSPS) is 19.9. The van der Waals surface area contributed by atoms with E-state index in [9.17, 15) is 4.79 Å². The van der Waals surface area contributed by atoms with Crippen molar-refractivity contribution in [2.24, 2.45) is 7.05 Å². The van der Waals surface area contributed by atoms with Crippen LogP contribution in [-0.4, -0.2) is 54.2 Å². The number of pyridine rings is 1. The third-order valence-corrected chi connectivity index (χ3v) is 8.00. The fourth-order valence-electron chi connectivity index (χ4n) is 5.20. The molecule has 9 nitrogen and oxygen atoms in total. The van der Waals surface area contributed by atoms with Crippen LogP contribution < -0.4 is 10.5 Å². The Labute approximate surface area is 208 Å². The average Bonchev–Trinajstić information content (AvgIpc) is 3.52. The number of hydrogen-bond acceptors (Lipinski definition) is 8. The maximum Gasteiger partial charge on any atom is 0.267 e. The summed E-state index contributed by atoms with van der Waals surface area (Å²) in [6.07, 6.45) is 3.93. The molecule has 35 heavy (non-hydrogen) atoms. The molecule has 0 N–H and O–H groups in total. The van der Waals surface area contributed by atoms with Crippen LogP contribution in [0.3, 0.4) is 0 Å². The SMILES string of the molecule is CC[C@H]1CN(C(C)c2ccc3ncsc3n2)[C@H](CC)CN1c1cc(=O)n(C)n2cc(CC#N)nc12. The highest BCUT2D eigenvalue weighted by molar-refractivity contribution is 7.16. The highest BCUT2D eigenvalue weighted by atomic mass is 32.1.